The number of nitrogen functional groups attached to an aromatic ring is 1. The van der Waals surface area contributed by atoms with Gasteiger partial charge in [0.25, 0.3) is 5.91 Å². The van der Waals surface area contributed by atoms with Gasteiger partial charge in [0.15, 0.2) is 29.3 Å². The summed E-state index contributed by atoms with van der Waals surface area (Å²) in [5.74, 6) is 1.92. The number of para-hydroxylation sites is 2. The minimum absolute atomic E-state index is 0.0529. The Morgan fingerprint density at radius 2 is 1.51 bits per heavy atom. The number of pyridine rings is 1. The molecule has 3 heterocycles. The van der Waals surface area contributed by atoms with Crippen molar-refractivity contribution in [3.05, 3.63) is 90.3 Å². The van der Waals surface area contributed by atoms with E-state index in [0.717, 1.165) is 0 Å². The standard InChI is InChI=1S/C33H34N6O8/c34-24-3-1-2-4-25(24)38-31(40)26-8-5-21(19-35-26)20-39(32(41)36-22-6-9-27-29(17-22)45-15-13-43-27)11-12-47-33(42)37-23-7-10-28-30(18-23)46-16-14-44-28/h1-10,17-19,32,36,41H,11-16,20,34H2,(H,37,42)(H,38,40). The van der Waals surface area contributed by atoms with Crippen molar-refractivity contribution in [3.63, 3.8) is 0 Å². The Hall–Kier alpha value is -5.73. The molecule has 2 aliphatic heterocycles. The van der Waals surface area contributed by atoms with E-state index in [1.54, 1.807) is 83.9 Å². The van der Waals surface area contributed by atoms with Crippen molar-refractivity contribution < 1.29 is 38.4 Å². The van der Waals surface area contributed by atoms with Crippen LogP contribution in [0.1, 0.15) is 16.1 Å². The van der Waals surface area contributed by atoms with Gasteiger partial charge in [-0.05, 0) is 48.0 Å². The molecule has 2 amide bonds. The van der Waals surface area contributed by atoms with E-state index in [0.29, 0.717) is 77.7 Å². The Kier molecular flexibility index (Phi) is 9.70. The van der Waals surface area contributed by atoms with Gasteiger partial charge in [0.05, 0.1) is 11.4 Å². The molecule has 0 saturated heterocycles. The molecule has 3 aromatic carbocycles. The van der Waals surface area contributed by atoms with E-state index in [2.05, 4.69) is 20.9 Å². The molecule has 0 saturated carbocycles. The fourth-order valence-corrected chi connectivity index (χ4v) is 4.88. The first-order valence-corrected chi connectivity index (χ1v) is 14.9. The molecule has 0 radical (unpaired) electrons. The van der Waals surface area contributed by atoms with Crippen LogP contribution in [0, 0.1) is 0 Å². The molecule has 0 spiro atoms. The van der Waals surface area contributed by atoms with Crippen LogP contribution in [-0.2, 0) is 11.3 Å². The number of amides is 2. The van der Waals surface area contributed by atoms with E-state index in [4.69, 9.17) is 29.4 Å². The monoisotopic (exact) mass is 642 g/mol. The summed E-state index contributed by atoms with van der Waals surface area (Å²) < 4.78 is 27.8. The number of fused-ring (bicyclic) bond motifs is 2. The minimum atomic E-state index is -1.20. The Bertz CT molecular complexity index is 1720. The third-order valence-electron chi connectivity index (χ3n) is 7.24. The first kappa shape index (κ1) is 31.3. The number of ether oxygens (including phenoxy) is 5. The number of nitrogens with zero attached hydrogens (tertiary/aromatic N) is 2. The summed E-state index contributed by atoms with van der Waals surface area (Å²) in [5.41, 5.74) is 8.83. The number of hydrogen-bond donors (Lipinski definition) is 5. The van der Waals surface area contributed by atoms with Crippen LogP contribution < -0.4 is 40.6 Å². The van der Waals surface area contributed by atoms with Crippen LogP contribution in [-0.4, -0.2) is 72.9 Å². The average molecular weight is 643 g/mol. The third kappa shape index (κ3) is 8.11. The van der Waals surface area contributed by atoms with Gasteiger partial charge in [-0.2, -0.15) is 0 Å². The summed E-state index contributed by atoms with van der Waals surface area (Å²) in [5, 5.41) is 19.7. The minimum Gasteiger partial charge on any atom is -0.486 e. The smallest absolute Gasteiger partial charge is 0.411 e. The summed E-state index contributed by atoms with van der Waals surface area (Å²) in [6.07, 6.45) is -0.333. The Balaban J connectivity index is 1.10. The van der Waals surface area contributed by atoms with Crippen molar-refractivity contribution in [1.82, 2.24) is 9.88 Å². The predicted molar refractivity (Wildman–Crippen MR) is 173 cm³/mol. The summed E-state index contributed by atoms with van der Waals surface area (Å²) in [4.78, 5) is 31.3. The lowest BCUT2D eigenvalue weighted by Gasteiger charge is -2.29. The molecule has 6 N–H and O–H groups in total. The number of aliphatic hydroxyl groups excluding tert-OH is 1. The number of nitrogens with two attached hydrogens (primary N) is 1. The van der Waals surface area contributed by atoms with Crippen molar-refractivity contribution in [2.75, 3.05) is 61.3 Å². The van der Waals surface area contributed by atoms with Crippen LogP contribution in [0.3, 0.4) is 0 Å². The van der Waals surface area contributed by atoms with E-state index in [1.165, 1.54) is 0 Å². The number of nitrogens with one attached hydrogen (secondary N) is 3. The molecule has 0 fully saturated rings. The molecule has 1 atom stereocenters. The number of rotatable bonds is 11. The van der Waals surface area contributed by atoms with Crippen molar-refractivity contribution >= 4 is 34.7 Å². The highest BCUT2D eigenvalue weighted by molar-refractivity contribution is 6.04. The average Bonchev–Trinajstić information content (AvgIpc) is 3.09. The van der Waals surface area contributed by atoms with Crippen LogP contribution in [0.4, 0.5) is 27.5 Å². The molecular weight excluding hydrogens is 608 g/mol. The molecule has 1 aromatic heterocycles. The van der Waals surface area contributed by atoms with E-state index >= 15 is 0 Å². The zero-order valence-electron chi connectivity index (χ0n) is 25.3. The van der Waals surface area contributed by atoms with Gasteiger partial charge < -0.3 is 45.2 Å². The predicted octanol–water partition coefficient (Wildman–Crippen LogP) is 3.90. The second-order valence-corrected chi connectivity index (χ2v) is 10.6. The number of benzene rings is 3. The van der Waals surface area contributed by atoms with Crippen LogP contribution in [0.25, 0.3) is 0 Å². The number of carbonyl (C=O) groups is 2. The quantitative estimate of drug-likeness (QED) is 0.118. The van der Waals surface area contributed by atoms with Gasteiger partial charge in [-0.3, -0.25) is 20.0 Å². The maximum absolute atomic E-state index is 12.7. The lowest BCUT2D eigenvalue weighted by Crippen LogP contribution is -2.42. The van der Waals surface area contributed by atoms with Crippen LogP contribution in [0.2, 0.25) is 0 Å². The Morgan fingerprint density at radius 1 is 0.851 bits per heavy atom. The van der Waals surface area contributed by atoms with Gasteiger partial charge >= 0.3 is 6.09 Å². The molecule has 2 aliphatic rings. The number of anilines is 4. The molecule has 47 heavy (non-hydrogen) atoms. The molecule has 6 rings (SSSR count). The highest BCUT2D eigenvalue weighted by atomic mass is 16.6. The van der Waals surface area contributed by atoms with E-state index in [9.17, 15) is 14.7 Å². The summed E-state index contributed by atoms with van der Waals surface area (Å²) in [6, 6.07) is 20.6. The Labute approximate surface area is 270 Å². The molecular formula is C33H34N6O8. The van der Waals surface area contributed by atoms with Gasteiger partial charge in [-0.1, -0.05) is 18.2 Å². The van der Waals surface area contributed by atoms with E-state index in [1.807, 2.05) is 0 Å². The lowest BCUT2D eigenvalue weighted by molar-refractivity contribution is 0.00758. The van der Waals surface area contributed by atoms with Crippen LogP contribution >= 0.6 is 0 Å². The van der Waals surface area contributed by atoms with Gasteiger partial charge in [-0.15, -0.1) is 0 Å². The number of carbonyl (C=O) groups excluding carboxylic acids is 2. The van der Waals surface area contributed by atoms with Crippen LogP contribution in [0.5, 0.6) is 23.0 Å². The second-order valence-electron chi connectivity index (χ2n) is 10.6. The van der Waals surface area contributed by atoms with Gasteiger partial charge in [-0.25, -0.2) is 4.79 Å². The summed E-state index contributed by atoms with van der Waals surface area (Å²) in [7, 11) is 0. The van der Waals surface area contributed by atoms with Crippen molar-refractivity contribution in [2.24, 2.45) is 0 Å². The second kappa shape index (κ2) is 14.6. The maximum Gasteiger partial charge on any atom is 0.411 e. The van der Waals surface area contributed by atoms with E-state index < -0.39 is 18.4 Å². The first-order valence-electron chi connectivity index (χ1n) is 14.9. The SMILES string of the molecule is Nc1ccccc1NC(=O)c1ccc(CN(CCOC(=O)Nc2ccc3c(c2)OCCO3)C(O)Nc2ccc3c(c2)OCCO3)cn1. The van der Waals surface area contributed by atoms with Crippen molar-refractivity contribution in [3.8, 4) is 23.0 Å². The maximum atomic E-state index is 12.7. The highest BCUT2D eigenvalue weighted by Gasteiger charge is 2.20. The lowest BCUT2D eigenvalue weighted by atomic mass is 10.2. The third-order valence-corrected chi connectivity index (χ3v) is 7.24. The van der Waals surface area contributed by atoms with Gasteiger partial charge in [0.2, 0.25) is 0 Å². The number of aromatic nitrogens is 1. The largest absolute Gasteiger partial charge is 0.486 e. The number of hydrogen-bond acceptors (Lipinski definition) is 12. The van der Waals surface area contributed by atoms with Gasteiger partial charge in [0.1, 0.15) is 38.7 Å². The Morgan fingerprint density at radius 3 is 2.19 bits per heavy atom. The molecule has 0 aliphatic carbocycles. The fourth-order valence-electron chi connectivity index (χ4n) is 4.88. The fraction of sp³-hybridized carbons (Fsp3) is 0.242. The van der Waals surface area contributed by atoms with Gasteiger partial charge in [0, 0.05) is 42.8 Å². The van der Waals surface area contributed by atoms with Crippen molar-refractivity contribution in [1.29, 1.82) is 0 Å². The normalized spacial score (nSPS) is 13.7. The molecule has 4 aromatic rings. The molecule has 14 nitrogen and oxygen atoms in total. The summed E-state index contributed by atoms with van der Waals surface area (Å²) in [6.45, 7) is 2.07. The van der Waals surface area contributed by atoms with E-state index in [-0.39, 0.29) is 25.4 Å². The van der Waals surface area contributed by atoms with Crippen LogP contribution in [0.15, 0.2) is 79.0 Å². The van der Waals surface area contributed by atoms with Crippen molar-refractivity contribution in [2.45, 2.75) is 12.9 Å². The number of aliphatic hydroxyl groups is 1. The molecule has 244 valence electrons. The zero-order valence-corrected chi connectivity index (χ0v) is 25.3. The highest BCUT2D eigenvalue weighted by Crippen LogP contribution is 2.34. The summed E-state index contributed by atoms with van der Waals surface area (Å²) >= 11 is 0. The topological polar surface area (TPSA) is 179 Å². The zero-order chi connectivity index (χ0) is 32.6. The molecule has 14 heteroatoms. The first-order chi connectivity index (χ1) is 22.9. The molecule has 0 bridgehead atoms. The molecule has 1 unspecified atom stereocenters.